The molecule has 0 spiro atoms. The van der Waals surface area contributed by atoms with Crippen LogP contribution in [0.2, 0.25) is 0 Å². The number of carbonyl (C=O) groups excluding carboxylic acids is 1. The fraction of sp³-hybridized carbons (Fsp3) is 0.700. The van der Waals surface area contributed by atoms with Crippen molar-refractivity contribution >= 4 is 5.91 Å². The lowest BCUT2D eigenvalue weighted by atomic mass is 10.2. The Bertz CT molecular complexity index is 349. The van der Waals surface area contributed by atoms with E-state index in [4.69, 9.17) is 5.11 Å². The summed E-state index contributed by atoms with van der Waals surface area (Å²) in [4.78, 5) is 11.5. The van der Waals surface area contributed by atoms with Gasteiger partial charge in [-0.05, 0) is 12.8 Å². The van der Waals surface area contributed by atoms with Crippen molar-refractivity contribution in [1.82, 2.24) is 20.3 Å². The first-order valence-corrected chi connectivity index (χ1v) is 5.51. The molecule has 0 atom stereocenters. The number of aliphatic hydroxyl groups is 1. The van der Waals surface area contributed by atoms with Crippen LogP contribution in [-0.2, 0) is 24.4 Å². The predicted octanol–water partition coefficient (Wildman–Crippen LogP) is -0.141. The molecule has 2 N–H and O–H groups in total. The number of carbonyl (C=O) groups is 1. The number of aromatic nitrogens is 3. The molecule has 0 saturated heterocycles. The molecule has 6 nitrogen and oxygen atoms in total. The van der Waals surface area contributed by atoms with E-state index in [1.54, 1.807) is 0 Å². The van der Waals surface area contributed by atoms with E-state index in [9.17, 15) is 4.79 Å². The minimum absolute atomic E-state index is 0.0778. The number of hydrogen-bond acceptors (Lipinski definition) is 4. The Morgan fingerprint density at radius 1 is 1.50 bits per heavy atom. The molecule has 0 aliphatic heterocycles. The zero-order chi connectivity index (χ0) is 12.0. The van der Waals surface area contributed by atoms with Gasteiger partial charge in [-0.15, -0.1) is 5.10 Å². The van der Waals surface area contributed by atoms with E-state index < -0.39 is 0 Å². The number of rotatable bonds is 6. The Kier molecular flexibility index (Phi) is 4.91. The maximum absolute atomic E-state index is 11.5. The van der Waals surface area contributed by atoms with E-state index in [1.807, 2.05) is 13.8 Å². The van der Waals surface area contributed by atoms with Crippen LogP contribution in [0.1, 0.15) is 31.7 Å². The first kappa shape index (κ1) is 12.6. The monoisotopic (exact) mass is 226 g/mol. The third kappa shape index (κ3) is 3.03. The Labute approximate surface area is 94.7 Å². The highest BCUT2D eigenvalue weighted by molar-refractivity contribution is 5.75. The Balaban J connectivity index is 2.66. The van der Waals surface area contributed by atoms with Gasteiger partial charge in [0.1, 0.15) is 12.2 Å². The smallest absolute Gasteiger partial charge is 0.241 e. The molecule has 1 heterocycles. The molecule has 0 aliphatic carbocycles. The van der Waals surface area contributed by atoms with Crippen molar-refractivity contribution in [3.05, 3.63) is 11.4 Å². The first-order chi connectivity index (χ1) is 7.72. The second-order valence-corrected chi connectivity index (χ2v) is 3.50. The highest BCUT2D eigenvalue weighted by Crippen LogP contribution is 2.05. The summed E-state index contributed by atoms with van der Waals surface area (Å²) in [5.41, 5.74) is 1.36. The van der Waals surface area contributed by atoms with Crippen LogP contribution in [0, 0.1) is 0 Å². The summed E-state index contributed by atoms with van der Waals surface area (Å²) >= 11 is 0. The van der Waals surface area contributed by atoms with Crippen molar-refractivity contribution in [1.29, 1.82) is 0 Å². The largest absolute Gasteiger partial charge is 0.390 e. The highest BCUT2D eigenvalue weighted by atomic mass is 16.3. The van der Waals surface area contributed by atoms with Crippen molar-refractivity contribution in [3.63, 3.8) is 0 Å². The predicted molar refractivity (Wildman–Crippen MR) is 58.6 cm³/mol. The van der Waals surface area contributed by atoms with Gasteiger partial charge in [0, 0.05) is 6.54 Å². The standard InChI is InChI=1S/C10H18N4O2/c1-3-5-11-10(16)6-14-9(4-2)8(7-15)12-13-14/h15H,3-7H2,1-2H3,(H,11,16). The minimum atomic E-state index is -0.139. The number of aliphatic hydroxyl groups excluding tert-OH is 1. The van der Waals surface area contributed by atoms with E-state index in [0.717, 1.165) is 12.1 Å². The molecule has 1 rings (SSSR count). The summed E-state index contributed by atoms with van der Waals surface area (Å²) in [6.45, 7) is 4.63. The number of hydrogen-bond donors (Lipinski definition) is 2. The molecule has 16 heavy (non-hydrogen) atoms. The van der Waals surface area contributed by atoms with E-state index in [1.165, 1.54) is 4.68 Å². The fourth-order valence-electron chi connectivity index (χ4n) is 1.46. The lowest BCUT2D eigenvalue weighted by molar-refractivity contribution is -0.121. The molecule has 1 amide bonds. The number of amides is 1. The van der Waals surface area contributed by atoms with Gasteiger partial charge in [-0.3, -0.25) is 4.79 Å². The van der Waals surface area contributed by atoms with Crippen LogP contribution in [0.15, 0.2) is 0 Å². The van der Waals surface area contributed by atoms with E-state index in [2.05, 4.69) is 15.6 Å². The van der Waals surface area contributed by atoms with Gasteiger partial charge in [0.05, 0.1) is 12.3 Å². The van der Waals surface area contributed by atoms with Crippen molar-refractivity contribution in [2.24, 2.45) is 0 Å². The second-order valence-electron chi connectivity index (χ2n) is 3.50. The Hall–Kier alpha value is -1.43. The van der Waals surface area contributed by atoms with Gasteiger partial charge in [-0.2, -0.15) is 0 Å². The van der Waals surface area contributed by atoms with Crippen LogP contribution in [0.5, 0.6) is 0 Å². The van der Waals surface area contributed by atoms with Crippen LogP contribution in [0.3, 0.4) is 0 Å². The van der Waals surface area contributed by atoms with Gasteiger partial charge < -0.3 is 10.4 Å². The van der Waals surface area contributed by atoms with Gasteiger partial charge in [-0.1, -0.05) is 19.1 Å². The molecule has 0 saturated carbocycles. The summed E-state index contributed by atoms with van der Waals surface area (Å²) in [5.74, 6) is -0.0778. The maximum atomic E-state index is 11.5. The number of nitrogens with one attached hydrogen (secondary N) is 1. The highest BCUT2D eigenvalue weighted by Gasteiger charge is 2.12. The zero-order valence-corrected chi connectivity index (χ0v) is 9.73. The summed E-state index contributed by atoms with van der Waals surface area (Å²) < 4.78 is 1.54. The van der Waals surface area contributed by atoms with Gasteiger partial charge in [0.2, 0.25) is 5.91 Å². The molecular weight excluding hydrogens is 208 g/mol. The fourth-order valence-corrected chi connectivity index (χ4v) is 1.46. The average molecular weight is 226 g/mol. The van der Waals surface area contributed by atoms with Gasteiger partial charge in [0.15, 0.2) is 0 Å². The van der Waals surface area contributed by atoms with E-state index in [0.29, 0.717) is 18.7 Å². The maximum Gasteiger partial charge on any atom is 0.241 e. The molecule has 0 aromatic carbocycles. The quantitative estimate of drug-likeness (QED) is 0.707. The normalized spacial score (nSPS) is 10.4. The lowest BCUT2D eigenvalue weighted by Crippen LogP contribution is -2.29. The molecular formula is C10H18N4O2. The van der Waals surface area contributed by atoms with Gasteiger partial charge in [-0.25, -0.2) is 4.68 Å². The summed E-state index contributed by atoms with van der Waals surface area (Å²) in [6.07, 6.45) is 1.61. The van der Waals surface area contributed by atoms with E-state index >= 15 is 0 Å². The van der Waals surface area contributed by atoms with Crippen molar-refractivity contribution < 1.29 is 9.90 Å². The van der Waals surface area contributed by atoms with Crippen LogP contribution >= 0.6 is 0 Å². The molecule has 90 valence electrons. The molecule has 0 unspecified atom stereocenters. The molecule has 6 heteroatoms. The average Bonchev–Trinajstić information content (AvgIpc) is 2.68. The summed E-state index contributed by atoms with van der Waals surface area (Å²) in [6, 6.07) is 0. The Morgan fingerprint density at radius 3 is 2.81 bits per heavy atom. The molecule has 0 fully saturated rings. The van der Waals surface area contributed by atoms with Crippen LogP contribution in [0.4, 0.5) is 0 Å². The first-order valence-electron chi connectivity index (χ1n) is 5.51. The SMILES string of the molecule is CCCNC(=O)Cn1nnc(CO)c1CC. The molecule has 0 bridgehead atoms. The third-order valence-corrected chi connectivity index (χ3v) is 2.27. The van der Waals surface area contributed by atoms with Crippen molar-refractivity contribution in [2.75, 3.05) is 6.54 Å². The van der Waals surface area contributed by atoms with Crippen molar-refractivity contribution in [2.45, 2.75) is 39.8 Å². The molecule has 1 aromatic heterocycles. The second kappa shape index (κ2) is 6.22. The van der Waals surface area contributed by atoms with Crippen molar-refractivity contribution in [3.8, 4) is 0 Å². The molecule has 0 aliphatic rings. The minimum Gasteiger partial charge on any atom is -0.390 e. The van der Waals surface area contributed by atoms with Gasteiger partial charge >= 0.3 is 0 Å². The van der Waals surface area contributed by atoms with Crippen LogP contribution in [-0.4, -0.2) is 32.6 Å². The van der Waals surface area contributed by atoms with Crippen LogP contribution < -0.4 is 5.32 Å². The zero-order valence-electron chi connectivity index (χ0n) is 9.73. The number of nitrogens with zero attached hydrogens (tertiary/aromatic N) is 3. The summed E-state index contributed by atoms with van der Waals surface area (Å²) in [5, 5.41) is 19.5. The van der Waals surface area contributed by atoms with Crippen LogP contribution in [0.25, 0.3) is 0 Å². The summed E-state index contributed by atoms with van der Waals surface area (Å²) in [7, 11) is 0. The molecule has 1 aromatic rings. The topological polar surface area (TPSA) is 80.0 Å². The third-order valence-electron chi connectivity index (χ3n) is 2.27. The van der Waals surface area contributed by atoms with E-state index in [-0.39, 0.29) is 19.1 Å². The molecule has 0 radical (unpaired) electrons. The van der Waals surface area contributed by atoms with Gasteiger partial charge in [0.25, 0.3) is 0 Å². The Morgan fingerprint density at radius 2 is 2.25 bits per heavy atom. The lowest BCUT2D eigenvalue weighted by Gasteiger charge is -2.06.